The summed E-state index contributed by atoms with van der Waals surface area (Å²) in [7, 11) is 0. The molecular weight excluding hydrogens is 164 g/mol. The number of aromatic nitrogens is 1. The average Bonchev–Trinajstić information content (AvgIpc) is 2.18. The Hall–Kier alpha value is -0.930. The minimum Gasteiger partial charge on any atom is -0.396 e. The van der Waals surface area contributed by atoms with Gasteiger partial charge in [0.05, 0.1) is 5.69 Å². The Balaban J connectivity index is 2.85. The van der Waals surface area contributed by atoms with Crippen molar-refractivity contribution in [3.8, 4) is 0 Å². The molecule has 1 aromatic rings. The van der Waals surface area contributed by atoms with Gasteiger partial charge in [-0.1, -0.05) is 13.0 Å². The molecule has 0 saturated heterocycles. The van der Waals surface area contributed by atoms with Gasteiger partial charge in [-0.05, 0) is 24.5 Å². The number of pyridine rings is 1. The molecule has 0 bridgehead atoms. The van der Waals surface area contributed by atoms with E-state index in [1.54, 1.807) is 6.20 Å². The van der Waals surface area contributed by atoms with Crippen LogP contribution in [0, 0.1) is 0 Å². The van der Waals surface area contributed by atoms with Gasteiger partial charge in [-0.3, -0.25) is 4.98 Å². The van der Waals surface area contributed by atoms with E-state index >= 15 is 0 Å². The molecule has 1 heterocycles. The van der Waals surface area contributed by atoms with Crippen LogP contribution in [-0.2, 0) is 6.42 Å². The second kappa shape index (κ2) is 4.94. The molecule has 0 amide bonds. The molecule has 0 fully saturated rings. The average molecular weight is 180 g/mol. The lowest BCUT2D eigenvalue weighted by Gasteiger charge is -2.12. The van der Waals surface area contributed by atoms with Crippen molar-refractivity contribution in [2.75, 3.05) is 6.61 Å². The molecule has 0 aromatic carbocycles. The van der Waals surface area contributed by atoms with Crippen molar-refractivity contribution in [1.82, 2.24) is 4.98 Å². The maximum atomic E-state index is 8.75. The normalized spacial score (nSPS) is 12.8. The lowest BCUT2D eigenvalue weighted by atomic mass is 10.0. The molecular formula is C10H16N2O. The van der Waals surface area contributed by atoms with E-state index in [1.165, 1.54) is 5.56 Å². The van der Waals surface area contributed by atoms with Gasteiger partial charge >= 0.3 is 0 Å². The van der Waals surface area contributed by atoms with Gasteiger partial charge in [0.15, 0.2) is 0 Å². The molecule has 3 nitrogen and oxygen atoms in total. The van der Waals surface area contributed by atoms with E-state index in [-0.39, 0.29) is 12.6 Å². The third-order valence-corrected chi connectivity index (χ3v) is 2.10. The van der Waals surface area contributed by atoms with Crippen LogP contribution in [0.4, 0.5) is 0 Å². The Morgan fingerprint density at radius 1 is 1.62 bits per heavy atom. The number of nitrogens with two attached hydrogens (primary N) is 1. The van der Waals surface area contributed by atoms with Gasteiger partial charge in [-0.15, -0.1) is 0 Å². The number of rotatable bonds is 4. The van der Waals surface area contributed by atoms with Crippen LogP contribution in [0.3, 0.4) is 0 Å². The quantitative estimate of drug-likeness (QED) is 0.727. The minimum absolute atomic E-state index is 0.112. The van der Waals surface area contributed by atoms with Crippen LogP contribution in [-0.4, -0.2) is 16.7 Å². The van der Waals surface area contributed by atoms with E-state index in [0.717, 1.165) is 12.1 Å². The van der Waals surface area contributed by atoms with Crippen molar-refractivity contribution in [3.05, 3.63) is 29.6 Å². The van der Waals surface area contributed by atoms with Crippen molar-refractivity contribution in [2.45, 2.75) is 25.8 Å². The van der Waals surface area contributed by atoms with E-state index in [9.17, 15) is 0 Å². The molecule has 0 spiro atoms. The zero-order valence-corrected chi connectivity index (χ0v) is 7.90. The number of aliphatic hydroxyl groups is 1. The number of hydrogen-bond donors (Lipinski definition) is 2. The van der Waals surface area contributed by atoms with E-state index in [2.05, 4.69) is 11.9 Å². The number of hydrogen-bond acceptors (Lipinski definition) is 3. The Morgan fingerprint density at radius 2 is 2.38 bits per heavy atom. The fourth-order valence-corrected chi connectivity index (χ4v) is 1.36. The van der Waals surface area contributed by atoms with E-state index < -0.39 is 0 Å². The summed E-state index contributed by atoms with van der Waals surface area (Å²) in [6, 6.07) is 3.80. The number of nitrogens with zero attached hydrogens (tertiary/aromatic N) is 1. The third kappa shape index (κ3) is 2.50. The van der Waals surface area contributed by atoms with E-state index in [0.29, 0.717) is 6.42 Å². The summed E-state index contributed by atoms with van der Waals surface area (Å²) in [5.74, 6) is 0. The Morgan fingerprint density at radius 3 is 3.00 bits per heavy atom. The molecule has 1 rings (SSSR count). The molecule has 3 heteroatoms. The van der Waals surface area contributed by atoms with Gasteiger partial charge in [-0.2, -0.15) is 0 Å². The fourth-order valence-electron chi connectivity index (χ4n) is 1.36. The van der Waals surface area contributed by atoms with Gasteiger partial charge in [0.25, 0.3) is 0 Å². The standard InChI is InChI=1S/C10H16N2O/c1-2-8-4-3-6-12-10(8)9(11)5-7-13/h3-4,6,9,13H,2,5,7,11H2,1H3/t9-/m1/s1. The molecule has 0 aliphatic rings. The summed E-state index contributed by atoms with van der Waals surface area (Å²) in [6.07, 6.45) is 3.25. The van der Waals surface area contributed by atoms with Gasteiger partial charge in [0.2, 0.25) is 0 Å². The summed E-state index contributed by atoms with van der Waals surface area (Å²) in [6.45, 7) is 2.19. The van der Waals surface area contributed by atoms with Crippen molar-refractivity contribution in [3.63, 3.8) is 0 Å². The van der Waals surface area contributed by atoms with Gasteiger partial charge in [0, 0.05) is 18.8 Å². The first-order valence-corrected chi connectivity index (χ1v) is 4.59. The van der Waals surface area contributed by atoms with Crippen LogP contribution < -0.4 is 5.73 Å². The number of aliphatic hydroxyl groups excluding tert-OH is 1. The smallest absolute Gasteiger partial charge is 0.0603 e. The predicted molar refractivity (Wildman–Crippen MR) is 52.2 cm³/mol. The van der Waals surface area contributed by atoms with Crippen LogP contribution >= 0.6 is 0 Å². The molecule has 13 heavy (non-hydrogen) atoms. The van der Waals surface area contributed by atoms with Gasteiger partial charge < -0.3 is 10.8 Å². The van der Waals surface area contributed by atoms with Crippen LogP contribution in [0.1, 0.15) is 30.6 Å². The zero-order chi connectivity index (χ0) is 9.68. The highest BCUT2D eigenvalue weighted by atomic mass is 16.3. The molecule has 72 valence electrons. The maximum Gasteiger partial charge on any atom is 0.0603 e. The first kappa shape index (κ1) is 10.2. The molecule has 0 aliphatic heterocycles. The van der Waals surface area contributed by atoms with Crippen LogP contribution in [0.2, 0.25) is 0 Å². The van der Waals surface area contributed by atoms with Crippen LogP contribution in [0.25, 0.3) is 0 Å². The zero-order valence-electron chi connectivity index (χ0n) is 7.90. The monoisotopic (exact) mass is 180 g/mol. The van der Waals surface area contributed by atoms with Crippen molar-refractivity contribution in [1.29, 1.82) is 0 Å². The summed E-state index contributed by atoms with van der Waals surface area (Å²) < 4.78 is 0. The van der Waals surface area contributed by atoms with Gasteiger partial charge in [0.1, 0.15) is 0 Å². The first-order valence-electron chi connectivity index (χ1n) is 4.59. The highest BCUT2D eigenvalue weighted by Crippen LogP contribution is 2.15. The summed E-state index contributed by atoms with van der Waals surface area (Å²) in [5, 5.41) is 8.75. The molecule has 0 saturated carbocycles. The fraction of sp³-hybridized carbons (Fsp3) is 0.500. The highest BCUT2D eigenvalue weighted by Gasteiger charge is 2.09. The molecule has 0 radical (unpaired) electrons. The second-order valence-corrected chi connectivity index (χ2v) is 3.02. The lowest BCUT2D eigenvalue weighted by Crippen LogP contribution is -2.15. The van der Waals surface area contributed by atoms with E-state index in [1.807, 2.05) is 12.1 Å². The topological polar surface area (TPSA) is 59.1 Å². The summed E-state index contributed by atoms with van der Waals surface area (Å²) in [4.78, 5) is 4.23. The third-order valence-electron chi connectivity index (χ3n) is 2.10. The molecule has 1 atom stereocenters. The SMILES string of the molecule is CCc1cccnc1[C@H](N)CCO. The lowest BCUT2D eigenvalue weighted by molar-refractivity contribution is 0.275. The molecule has 3 N–H and O–H groups in total. The molecule has 1 aromatic heterocycles. The Labute approximate surface area is 78.6 Å². The van der Waals surface area contributed by atoms with Crippen molar-refractivity contribution < 1.29 is 5.11 Å². The highest BCUT2D eigenvalue weighted by molar-refractivity contribution is 5.22. The van der Waals surface area contributed by atoms with E-state index in [4.69, 9.17) is 10.8 Å². The molecule has 0 aliphatic carbocycles. The van der Waals surface area contributed by atoms with Crippen molar-refractivity contribution in [2.24, 2.45) is 5.73 Å². The Bertz CT molecular complexity index is 263. The first-order chi connectivity index (χ1) is 6.29. The number of aryl methyl sites for hydroxylation is 1. The summed E-state index contributed by atoms with van der Waals surface area (Å²) >= 11 is 0. The second-order valence-electron chi connectivity index (χ2n) is 3.02. The van der Waals surface area contributed by atoms with Crippen molar-refractivity contribution >= 4 is 0 Å². The largest absolute Gasteiger partial charge is 0.396 e. The van der Waals surface area contributed by atoms with Crippen LogP contribution in [0.15, 0.2) is 18.3 Å². The summed E-state index contributed by atoms with van der Waals surface area (Å²) in [5.41, 5.74) is 7.95. The van der Waals surface area contributed by atoms with Gasteiger partial charge in [-0.25, -0.2) is 0 Å². The van der Waals surface area contributed by atoms with Crippen LogP contribution in [0.5, 0.6) is 0 Å². The predicted octanol–water partition coefficient (Wildman–Crippen LogP) is 1.03. The molecule has 0 unspecified atom stereocenters. The minimum atomic E-state index is -0.138. The Kier molecular flexibility index (Phi) is 3.86. The maximum absolute atomic E-state index is 8.75.